The molecule has 0 spiro atoms. The minimum atomic E-state index is -0.310. The number of hydrogen-bond donors (Lipinski definition) is 3. The number of nitrogen functional groups attached to an aromatic ring is 1. The second-order valence-corrected chi connectivity index (χ2v) is 11.6. The van der Waals surface area contributed by atoms with E-state index in [0.717, 1.165) is 36.0 Å². The Morgan fingerprint density at radius 2 is 1.84 bits per heavy atom. The molecule has 2 aromatic heterocycles. The van der Waals surface area contributed by atoms with Gasteiger partial charge in [0.1, 0.15) is 17.8 Å². The van der Waals surface area contributed by atoms with E-state index in [0.29, 0.717) is 53.3 Å². The molecule has 4 N–H and O–H groups in total. The molecule has 4 bridgehead atoms. The van der Waals surface area contributed by atoms with Gasteiger partial charge in [-0.15, -0.1) is 0 Å². The molecule has 8 heteroatoms. The Kier molecular flexibility index (Phi) is 6.19. The molecule has 0 aliphatic heterocycles. The van der Waals surface area contributed by atoms with Crippen molar-refractivity contribution in [1.82, 2.24) is 19.9 Å². The highest BCUT2D eigenvalue weighted by molar-refractivity contribution is 6.07. The molecule has 7 rings (SSSR count). The molecule has 2 heterocycles. The molecule has 4 saturated carbocycles. The summed E-state index contributed by atoms with van der Waals surface area (Å²) in [7, 11) is 0. The van der Waals surface area contributed by atoms with Gasteiger partial charge in [-0.2, -0.15) is 0 Å². The summed E-state index contributed by atoms with van der Waals surface area (Å²) in [6.45, 7) is 10.5. The molecule has 8 nitrogen and oxygen atoms in total. The maximum Gasteiger partial charge on any atom is 0.252 e. The van der Waals surface area contributed by atoms with E-state index < -0.39 is 0 Å². The third kappa shape index (κ3) is 4.25. The number of aliphatic hydroxyl groups is 1. The predicted molar refractivity (Wildman–Crippen MR) is 147 cm³/mol. The molecule has 3 aromatic rings. The Morgan fingerprint density at radius 3 is 2.45 bits per heavy atom. The number of aryl methyl sites for hydroxylation is 2. The van der Waals surface area contributed by atoms with Gasteiger partial charge < -0.3 is 20.7 Å². The van der Waals surface area contributed by atoms with Gasteiger partial charge in [-0.3, -0.25) is 4.79 Å². The molecule has 0 atom stereocenters. The fourth-order valence-corrected chi connectivity index (χ4v) is 7.68. The van der Waals surface area contributed by atoms with Crippen LogP contribution in [0.15, 0.2) is 36.3 Å². The minimum Gasteiger partial charge on any atom is -0.396 e. The van der Waals surface area contributed by atoms with Crippen LogP contribution in [0.2, 0.25) is 0 Å². The Bertz CT molecular complexity index is 1430. The first-order valence-electron chi connectivity index (χ1n) is 13.6. The van der Waals surface area contributed by atoms with E-state index in [1.54, 1.807) is 6.08 Å². The molecule has 0 unspecified atom stereocenters. The van der Waals surface area contributed by atoms with Crippen LogP contribution in [0.3, 0.4) is 0 Å². The lowest BCUT2D eigenvalue weighted by Gasteiger charge is -2.57. The Balaban J connectivity index is 1.46. The number of nitrogens with zero attached hydrogens (tertiary/aromatic N) is 4. The van der Waals surface area contributed by atoms with Gasteiger partial charge in [0.25, 0.3) is 11.6 Å². The smallest absolute Gasteiger partial charge is 0.252 e. The van der Waals surface area contributed by atoms with Gasteiger partial charge in [0.15, 0.2) is 0 Å². The first kappa shape index (κ1) is 24.6. The molecular weight excluding hydrogens is 476 g/mol. The average molecular weight is 511 g/mol. The second kappa shape index (κ2) is 9.55. The maximum atomic E-state index is 13.7. The number of fused-ring (bicyclic) bond motifs is 1. The normalized spacial score (nSPS) is 26.0. The van der Waals surface area contributed by atoms with Gasteiger partial charge in [-0.25, -0.2) is 14.8 Å². The third-order valence-electron chi connectivity index (χ3n) is 8.83. The summed E-state index contributed by atoms with van der Waals surface area (Å²) < 4.78 is 1.95. The number of aromatic nitrogens is 3. The van der Waals surface area contributed by atoms with Crippen molar-refractivity contribution in [2.75, 3.05) is 12.3 Å². The second-order valence-electron chi connectivity index (χ2n) is 11.6. The summed E-state index contributed by atoms with van der Waals surface area (Å²) >= 11 is 0. The number of nitrogens with one attached hydrogen (secondary N) is 1. The lowest BCUT2D eigenvalue weighted by Crippen LogP contribution is -2.59. The van der Waals surface area contributed by atoms with Gasteiger partial charge >= 0.3 is 0 Å². The van der Waals surface area contributed by atoms with Crippen molar-refractivity contribution in [3.63, 3.8) is 0 Å². The van der Waals surface area contributed by atoms with Crippen molar-refractivity contribution < 1.29 is 9.90 Å². The molecular formula is C30H34N6O2. The van der Waals surface area contributed by atoms with Crippen LogP contribution in [0, 0.1) is 31.2 Å². The average Bonchev–Trinajstić information content (AvgIpc) is 3.19. The van der Waals surface area contributed by atoms with Gasteiger partial charge in [0, 0.05) is 29.9 Å². The van der Waals surface area contributed by atoms with Crippen molar-refractivity contribution in [1.29, 1.82) is 0 Å². The van der Waals surface area contributed by atoms with Crippen LogP contribution < -0.4 is 11.1 Å². The van der Waals surface area contributed by atoms with Gasteiger partial charge in [-0.05, 0) is 81.3 Å². The standard InChI is InChI=1S/C30H34N6O2/c1-18-4-6-22(7-5-18)25-24(36(8-3-9-37)28-26(25)27(31)33-17-34-28)13-23(32-2)29(38)35-30-14-19-10-20(15-30)12-21(11-19)16-30/h4-7,13,17,19-21,37H,3,8-12,14-16H2,1H3,(H,35,38)(H2,31,33,34)/b23-13-. The summed E-state index contributed by atoms with van der Waals surface area (Å²) in [6, 6.07) is 8.07. The summed E-state index contributed by atoms with van der Waals surface area (Å²) in [6.07, 6.45) is 10.5. The van der Waals surface area contributed by atoms with Crippen molar-refractivity contribution >= 4 is 28.8 Å². The molecule has 0 radical (unpaired) electrons. The lowest BCUT2D eigenvalue weighted by atomic mass is 9.53. The van der Waals surface area contributed by atoms with Crippen LogP contribution in [0.25, 0.3) is 33.1 Å². The number of nitrogens with two attached hydrogens (primary N) is 1. The number of hydrogen-bond acceptors (Lipinski definition) is 5. The Morgan fingerprint density at radius 1 is 1.18 bits per heavy atom. The monoisotopic (exact) mass is 510 g/mol. The largest absolute Gasteiger partial charge is 0.396 e. The number of carbonyl (C=O) groups excluding carboxylic acids is 1. The molecule has 4 aliphatic rings. The van der Waals surface area contributed by atoms with Crippen LogP contribution in [-0.2, 0) is 11.3 Å². The number of anilines is 1. The Hall–Kier alpha value is -3.70. The zero-order valence-electron chi connectivity index (χ0n) is 21.8. The fourth-order valence-electron chi connectivity index (χ4n) is 7.68. The third-order valence-corrected chi connectivity index (χ3v) is 8.83. The van der Waals surface area contributed by atoms with Crippen molar-refractivity contribution in [3.05, 3.63) is 59.0 Å². The molecule has 0 saturated heterocycles. The Labute approximate surface area is 222 Å². The number of benzene rings is 1. The minimum absolute atomic E-state index is 0.00540. The van der Waals surface area contributed by atoms with Gasteiger partial charge in [0.2, 0.25) is 0 Å². The van der Waals surface area contributed by atoms with Crippen molar-refractivity contribution in [3.8, 4) is 11.1 Å². The summed E-state index contributed by atoms with van der Waals surface area (Å²) in [5, 5.41) is 13.6. The molecule has 4 aliphatic carbocycles. The lowest BCUT2D eigenvalue weighted by molar-refractivity contribution is -0.122. The SMILES string of the molecule is [C-]#[N+]/C(=C\c1c(-c2ccc(C)cc2)c2c(N)ncnc2n1CCCO)C(=O)NC12CC3CC(CC(C3)C1)C2. The van der Waals surface area contributed by atoms with Crippen LogP contribution in [-0.4, -0.2) is 37.7 Å². The van der Waals surface area contributed by atoms with Crippen molar-refractivity contribution in [2.45, 2.75) is 64.0 Å². The van der Waals surface area contributed by atoms with Crippen LogP contribution in [0.5, 0.6) is 0 Å². The predicted octanol–water partition coefficient (Wildman–Crippen LogP) is 4.72. The van der Waals surface area contributed by atoms with E-state index >= 15 is 0 Å². The number of rotatable bonds is 7. The molecule has 1 aromatic carbocycles. The quantitative estimate of drug-likeness (QED) is 0.315. The maximum absolute atomic E-state index is 13.7. The highest BCUT2D eigenvalue weighted by Crippen LogP contribution is 2.55. The molecule has 196 valence electrons. The number of aliphatic hydroxyl groups excluding tert-OH is 1. The highest BCUT2D eigenvalue weighted by atomic mass is 16.3. The van der Waals surface area contributed by atoms with E-state index in [4.69, 9.17) is 12.3 Å². The van der Waals surface area contributed by atoms with E-state index in [-0.39, 0.29) is 23.8 Å². The molecule has 4 fully saturated rings. The van der Waals surface area contributed by atoms with Crippen LogP contribution in [0.1, 0.15) is 56.2 Å². The summed E-state index contributed by atoms with van der Waals surface area (Å²) in [5.41, 5.74) is 10.4. The number of carbonyl (C=O) groups is 1. The molecule has 38 heavy (non-hydrogen) atoms. The first-order valence-corrected chi connectivity index (χ1v) is 13.6. The molecule has 1 amide bonds. The van der Waals surface area contributed by atoms with Crippen LogP contribution in [0.4, 0.5) is 5.82 Å². The zero-order chi connectivity index (χ0) is 26.4. The topological polar surface area (TPSA) is 110 Å². The van der Waals surface area contributed by atoms with Gasteiger partial charge in [-0.1, -0.05) is 29.8 Å². The zero-order valence-corrected chi connectivity index (χ0v) is 21.8. The van der Waals surface area contributed by atoms with Crippen LogP contribution >= 0.6 is 0 Å². The number of amides is 1. The fraction of sp³-hybridized carbons (Fsp3) is 0.467. The first-order chi connectivity index (χ1) is 18.4. The summed E-state index contributed by atoms with van der Waals surface area (Å²) in [5.74, 6) is 2.10. The summed E-state index contributed by atoms with van der Waals surface area (Å²) in [4.78, 5) is 26.2. The van der Waals surface area contributed by atoms with E-state index in [1.807, 2.05) is 35.8 Å². The van der Waals surface area contributed by atoms with E-state index in [2.05, 4.69) is 20.1 Å². The van der Waals surface area contributed by atoms with E-state index in [9.17, 15) is 9.90 Å². The highest BCUT2D eigenvalue weighted by Gasteiger charge is 2.51. The van der Waals surface area contributed by atoms with Crippen molar-refractivity contribution in [2.24, 2.45) is 17.8 Å². The van der Waals surface area contributed by atoms with E-state index in [1.165, 1.54) is 25.6 Å². The van der Waals surface area contributed by atoms with Gasteiger partial charge in [0.05, 0.1) is 12.0 Å².